The fourth-order valence-corrected chi connectivity index (χ4v) is 2.15. The Kier molecular flexibility index (Phi) is 3.93. The summed E-state index contributed by atoms with van der Waals surface area (Å²) in [7, 11) is 0. The lowest BCUT2D eigenvalue weighted by Crippen LogP contribution is -2.11. The summed E-state index contributed by atoms with van der Waals surface area (Å²) in [5, 5.41) is 0. The third-order valence-corrected chi connectivity index (χ3v) is 3.12. The van der Waals surface area contributed by atoms with Crippen LogP contribution in [0.1, 0.15) is 11.1 Å². The van der Waals surface area contributed by atoms with Gasteiger partial charge in [-0.2, -0.15) is 0 Å². The van der Waals surface area contributed by atoms with E-state index >= 15 is 0 Å². The van der Waals surface area contributed by atoms with Crippen molar-refractivity contribution >= 4 is 33.1 Å². The molecule has 5 heteroatoms. The maximum Gasteiger partial charge on any atom is 0.155 e. The number of hydrogen-bond donors (Lipinski definition) is 1. The molecule has 0 unspecified atom stereocenters. The number of thiocarbonyl (C=S) groups is 1. The Hall–Kier alpha value is -1.46. The number of halogens is 1. The molecule has 0 aliphatic carbocycles. The van der Waals surface area contributed by atoms with Gasteiger partial charge in [0.15, 0.2) is 5.75 Å². The molecule has 1 aromatic carbocycles. The van der Waals surface area contributed by atoms with Crippen LogP contribution in [0.2, 0.25) is 0 Å². The van der Waals surface area contributed by atoms with Crippen LogP contribution in [0.5, 0.6) is 11.5 Å². The molecule has 0 fully saturated rings. The zero-order valence-electron chi connectivity index (χ0n) is 9.68. The SMILES string of the molecule is Cc1cc(Br)ccc1Oc1cnccc1C(N)=S. The Morgan fingerprint density at radius 3 is 2.78 bits per heavy atom. The van der Waals surface area contributed by atoms with Gasteiger partial charge in [0.2, 0.25) is 0 Å². The van der Waals surface area contributed by atoms with E-state index in [-0.39, 0.29) is 0 Å². The van der Waals surface area contributed by atoms with Crippen LogP contribution in [0.25, 0.3) is 0 Å². The molecule has 92 valence electrons. The quantitative estimate of drug-likeness (QED) is 0.877. The predicted molar refractivity (Wildman–Crippen MR) is 79.1 cm³/mol. The molecule has 3 nitrogen and oxygen atoms in total. The summed E-state index contributed by atoms with van der Waals surface area (Å²) in [6.07, 6.45) is 3.24. The molecule has 18 heavy (non-hydrogen) atoms. The Bertz CT molecular complexity index is 601. The third-order valence-electron chi connectivity index (χ3n) is 2.41. The minimum atomic E-state index is 0.294. The highest BCUT2D eigenvalue weighted by molar-refractivity contribution is 9.10. The second kappa shape index (κ2) is 5.46. The number of hydrogen-bond acceptors (Lipinski definition) is 3. The standard InChI is InChI=1S/C13H11BrN2OS/c1-8-6-9(14)2-3-11(8)17-12-7-16-5-4-10(12)13(15)18/h2-7H,1H3,(H2,15,18). The Morgan fingerprint density at radius 1 is 1.33 bits per heavy atom. The molecule has 0 spiro atoms. The maximum absolute atomic E-state index is 5.81. The largest absolute Gasteiger partial charge is 0.455 e. The molecule has 0 aliphatic heterocycles. The van der Waals surface area contributed by atoms with Crippen LogP contribution in [0.3, 0.4) is 0 Å². The lowest BCUT2D eigenvalue weighted by molar-refractivity contribution is 0.475. The smallest absolute Gasteiger partial charge is 0.155 e. The number of nitrogens with two attached hydrogens (primary N) is 1. The van der Waals surface area contributed by atoms with Crippen molar-refractivity contribution in [1.29, 1.82) is 0 Å². The summed E-state index contributed by atoms with van der Waals surface area (Å²) in [6.45, 7) is 1.97. The number of rotatable bonds is 3. The van der Waals surface area contributed by atoms with E-state index in [0.717, 1.165) is 15.8 Å². The van der Waals surface area contributed by atoms with E-state index in [2.05, 4.69) is 20.9 Å². The van der Waals surface area contributed by atoms with E-state index in [4.69, 9.17) is 22.7 Å². The monoisotopic (exact) mass is 322 g/mol. The zero-order chi connectivity index (χ0) is 13.1. The highest BCUT2D eigenvalue weighted by Gasteiger charge is 2.09. The number of nitrogens with zero attached hydrogens (tertiary/aromatic N) is 1. The second-order valence-corrected chi connectivity index (χ2v) is 5.10. The van der Waals surface area contributed by atoms with E-state index < -0.39 is 0 Å². The highest BCUT2D eigenvalue weighted by atomic mass is 79.9. The molecule has 0 saturated carbocycles. The van der Waals surface area contributed by atoms with Crippen LogP contribution in [-0.4, -0.2) is 9.97 Å². The number of aromatic nitrogens is 1. The van der Waals surface area contributed by atoms with Crippen molar-refractivity contribution < 1.29 is 4.74 Å². The van der Waals surface area contributed by atoms with Gasteiger partial charge in [-0.25, -0.2) is 0 Å². The summed E-state index contributed by atoms with van der Waals surface area (Å²) in [4.78, 5) is 4.32. The molecule has 2 rings (SSSR count). The van der Waals surface area contributed by atoms with Gasteiger partial charge in [0, 0.05) is 10.7 Å². The van der Waals surface area contributed by atoms with Gasteiger partial charge in [-0.15, -0.1) is 0 Å². The maximum atomic E-state index is 5.81. The average Bonchev–Trinajstić information content (AvgIpc) is 2.33. The van der Waals surface area contributed by atoms with E-state index in [1.54, 1.807) is 18.5 Å². The Labute approximate surface area is 119 Å². The first kappa shape index (κ1) is 13.0. The summed E-state index contributed by atoms with van der Waals surface area (Å²) in [5.74, 6) is 1.32. The van der Waals surface area contributed by atoms with Crippen molar-refractivity contribution in [3.8, 4) is 11.5 Å². The van der Waals surface area contributed by atoms with Gasteiger partial charge in [0.25, 0.3) is 0 Å². The molecule has 0 atom stereocenters. The lowest BCUT2D eigenvalue weighted by Gasteiger charge is -2.11. The number of benzene rings is 1. The predicted octanol–water partition coefficient (Wildman–Crippen LogP) is 3.58. The zero-order valence-corrected chi connectivity index (χ0v) is 12.1. The van der Waals surface area contributed by atoms with Crippen LogP contribution in [0.4, 0.5) is 0 Å². The summed E-state index contributed by atoms with van der Waals surface area (Å²) < 4.78 is 6.81. The summed E-state index contributed by atoms with van der Waals surface area (Å²) in [6, 6.07) is 7.52. The fraction of sp³-hybridized carbons (Fsp3) is 0.0769. The first-order valence-corrected chi connectivity index (χ1v) is 6.46. The minimum absolute atomic E-state index is 0.294. The molecule has 1 heterocycles. The fourth-order valence-electron chi connectivity index (χ4n) is 1.51. The summed E-state index contributed by atoms with van der Waals surface area (Å²) in [5.41, 5.74) is 7.35. The molecule has 0 saturated heterocycles. The van der Waals surface area contributed by atoms with Gasteiger partial charge in [-0.1, -0.05) is 28.1 Å². The van der Waals surface area contributed by atoms with Crippen LogP contribution >= 0.6 is 28.1 Å². The molecule has 0 aliphatic rings. The van der Waals surface area contributed by atoms with Crippen molar-refractivity contribution in [3.05, 3.63) is 52.3 Å². The van der Waals surface area contributed by atoms with Crippen LogP contribution in [-0.2, 0) is 0 Å². The second-order valence-electron chi connectivity index (χ2n) is 3.75. The normalized spacial score (nSPS) is 10.1. The van der Waals surface area contributed by atoms with Crippen molar-refractivity contribution in [2.24, 2.45) is 5.73 Å². The number of ether oxygens (including phenoxy) is 1. The highest BCUT2D eigenvalue weighted by Crippen LogP contribution is 2.29. The topological polar surface area (TPSA) is 48.1 Å². The van der Waals surface area contributed by atoms with E-state index in [0.29, 0.717) is 16.3 Å². The molecule has 2 N–H and O–H groups in total. The molecule has 0 radical (unpaired) electrons. The lowest BCUT2D eigenvalue weighted by atomic mass is 10.2. The van der Waals surface area contributed by atoms with Gasteiger partial charge in [0.1, 0.15) is 10.7 Å². The molecule has 0 amide bonds. The minimum Gasteiger partial charge on any atom is -0.455 e. The van der Waals surface area contributed by atoms with Crippen LogP contribution < -0.4 is 10.5 Å². The first-order valence-electron chi connectivity index (χ1n) is 5.26. The molecule has 2 aromatic rings. The third kappa shape index (κ3) is 2.86. The van der Waals surface area contributed by atoms with Gasteiger partial charge < -0.3 is 10.5 Å². The first-order chi connectivity index (χ1) is 8.58. The van der Waals surface area contributed by atoms with E-state index in [1.165, 1.54) is 0 Å². The van der Waals surface area contributed by atoms with Crippen LogP contribution in [0, 0.1) is 6.92 Å². The van der Waals surface area contributed by atoms with Crippen molar-refractivity contribution in [1.82, 2.24) is 4.98 Å². The van der Waals surface area contributed by atoms with E-state index in [1.807, 2.05) is 25.1 Å². The van der Waals surface area contributed by atoms with Gasteiger partial charge in [0.05, 0.1) is 11.8 Å². The van der Waals surface area contributed by atoms with Crippen molar-refractivity contribution in [2.75, 3.05) is 0 Å². The summed E-state index contributed by atoms with van der Waals surface area (Å²) >= 11 is 8.39. The molecule has 1 aromatic heterocycles. The molecular weight excluding hydrogens is 312 g/mol. The number of pyridine rings is 1. The Balaban J connectivity index is 2.37. The Morgan fingerprint density at radius 2 is 2.11 bits per heavy atom. The molecular formula is C13H11BrN2OS. The van der Waals surface area contributed by atoms with Gasteiger partial charge in [-0.3, -0.25) is 4.98 Å². The van der Waals surface area contributed by atoms with Crippen LogP contribution in [0.15, 0.2) is 41.1 Å². The van der Waals surface area contributed by atoms with Gasteiger partial charge in [-0.05, 0) is 36.8 Å². The van der Waals surface area contributed by atoms with Crippen molar-refractivity contribution in [2.45, 2.75) is 6.92 Å². The average molecular weight is 323 g/mol. The number of aryl methyl sites for hydroxylation is 1. The van der Waals surface area contributed by atoms with E-state index in [9.17, 15) is 0 Å². The van der Waals surface area contributed by atoms with Gasteiger partial charge >= 0.3 is 0 Å². The molecule has 0 bridgehead atoms. The van der Waals surface area contributed by atoms with Crippen molar-refractivity contribution in [3.63, 3.8) is 0 Å².